The Hall–Kier alpha value is -2.46. The van der Waals surface area contributed by atoms with Gasteiger partial charge in [-0.05, 0) is 42.0 Å². The summed E-state index contributed by atoms with van der Waals surface area (Å²) in [5.41, 5.74) is -0.266. The number of anilines is 1. The second-order valence-electron chi connectivity index (χ2n) is 5.70. The number of nitrogens with zero attached hydrogens (tertiary/aromatic N) is 2. The van der Waals surface area contributed by atoms with Crippen molar-refractivity contribution in [3.8, 4) is 0 Å². The molecular weight excluding hydrogens is 374 g/mol. The first-order valence-electron chi connectivity index (χ1n) is 7.38. The molecule has 3 rings (SSSR count). The van der Waals surface area contributed by atoms with Crippen molar-refractivity contribution in [1.29, 1.82) is 0 Å². The van der Waals surface area contributed by atoms with Crippen molar-refractivity contribution in [1.82, 2.24) is 0 Å². The molecule has 2 aromatic rings. The zero-order chi connectivity index (χ0) is 19.1. The van der Waals surface area contributed by atoms with E-state index in [1.807, 2.05) is 0 Å². The van der Waals surface area contributed by atoms with Crippen LogP contribution in [0, 0.1) is 5.82 Å². The fourth-order valence-corrected chi connectivity index (χ4v) is 3.17. The van der Waals surface area contributed by atoms with Crippen LogP contribution in [-0.4, -0.2) is 20.3 Å². The van der Waals surface area contributed by atoms with Gasteiger partial charge in [-0.25, -0.2) is 17.9 Å². The molecule has 10 heteroatoms. The van der Waals surface area contributed by atoms with Crippen LogP contribution in [0.1, 0.15) is 18.0 Å². The minimum Gasteiger partial charge on any atom is -0.257 e. The van der Waals surface area contributed by atoms with Crippen molar-refractivity contribution in [2.24, 2.45) is 10.2 Å². The van der Waals surface area contributed by atoms with Gasteiger partial charge < -0.3 is 0 Å². The van der Waals surface area contributed by atoms with Gasteiger partial charge in [0.1, 0.15) is 11.5 Å². The number of sulfonamides is 1. The molecule has 1 aliphatic rings. The number of primary sulfonamides is 1. The molecule has 26 heavy (non-hydrogen) atoms. The molecule has 0 amide bonds. The van der Waals surface area contributed by atoms with Crippen LogP contribution in [0.5, 0.6) is 0 Å². The SMILES string of the molecule is NS(=O)(=O)c1ccc(C2CC(C(F)(F)F)=NN2c2ccc(F)cc2)cc1. The molecule has 1 atom stereocenters. The van der Waals surface area contributed by atoms with Gasteiger partial charge in [0.25, 0.3) is 0 Å². The summed E-state index contributed by atoms with van der Waals surface area (Å²) in [6.45, 7) is 0. The second-order valence-corrected chi connectivity index (χ2v) is 7.26. The molecule has 0 aliphatic carbocycles. The van der Waals surface area contributed by atoms with E-state index in [9.17, 15) is 26.0 Å². The third-order valence-electron chi connectivity index (χ3n) is 3.92. The van der Waals surface area contributed by atoms with Gasteiger partial charge in [-0.15, -0.1) is 0 Å². The molecule has 1 heterocycles. The summed E-state index contributed by atoms with van der Waals surface area (Å²) in [6, 6.07) is 9.29. The van der Waals surface area contributed by atoms with Gasteiger partial charge in [-0.1, -0.05) is 12.1 Å². The number of halogens is 4. The normalized spacial score (nSPS) is 18.1. The van der Waals surface area contributed by atoms with E-state index in [4.69, 9.17) is 5.14 Å². The summed E-state index contributed by atoms with van der Waals surface area (Å²) in [5, 5.41) is 9.82. The number of hydrogen-bond acceptors (Lipinski definition) is 4. The molecule has 1 aliphatic heterocycles. The minimum absolute atomic E-state index is 0.149. The Bertz CT molecular complexity index is 939. The number of hydrazone groups is 1. The Balaban J connectivity index is 2.00. The van der Waals surface area contributed by atoms with E-state index < -0.39 is 40.2 Å². The van der Waals surface area contributed by atoms with Crippen molar-refractivity contribution in [2.75, 3.05) is 5.01 Å². The molecule has 0 radical (unpaired) electrons. The molecular formula is C16H13F4N3O2S. The van der Waals surface area contributed by atoms with Gasteiger partial charge in [0, 0.05) is 6.42 Å². The Morgan fingerprint density at radius 2 is 1.62 bits per heavy atom. The number of nitrogens with two attached hydrogens (primary N) is 1. The Morgan fingerprint density at radius 3 is 2.12 bits per heavy atom. The van der Waals surface area contributed by atoms with E-state index in [0.29, 0.717) is 5.56 Å². The first-order valence-corrected chi connectivity index (χ1v) is 8.92. The van der Waals surface area contributed by atoms with E-state index >= 15 is 0 Å². The maximum Gasteiger partial charge on any atom is 0.431 e. The van der Waals surface area contributed by atoms with Crippen molar-refractivity contribution in [2.45, 2.75) is 23.5 Å². The fraction of sp³-hybridized carbons (Fsp3) is 0.188. The Kier molecular flexibility index (Phi) is 4.49. The summed E-state index contributed by atoms with van der Waals surface area (Å²) >= 11 is 0. The highest BCUT2D eigenvalue weighted by atomic mass is 32.2. The molecule has 1 unspecified atom stereocenters. The Morgan fingerprint density at radius 1 is 1.04 bits per heavy atom. The topological polar surface area (TPSA) is 75.8 Å². The van der Waals surface area contributed by atoms with Crippen LogP contribution in [0.2, 0.25) is 0 Å². The smallest absolute Gasteiger partial charge is 0.257 e. The van der Waals surface area contributed by atoms with E-state index in [1.165, 1.54) is 36.4 Å². The van der Waals surface area contributed by atoms with Crippen molar-refractivity contribution in [3.05, 3.63) is 59.9 Å². The van der Waals surface area contributed by atoms with Gasteiger partial charge >= 0.3 is 6.18 Å². The number of hydrogen-bond donors (Lipinski definition) is 1. The van der Waals surface area contributed by atoms with E-state index in [2.05, 4.69) is 5.10 Å². The molecule has 0 aromatic heterocycles. The first kappa shape index (κ1) is 18.3. The monoisotopic (exact) mass is 387 g/mol. The summed E-state index contributed by atoms with van der Waals surface area (Å²) in [6.07, 6.45) is -5.02. The van der Waals surface area contributed by atoms with Crippen molar-refractivity contribution < 1.29 is 26.0 Å². The molecule has 0 bridgehead atoms. The lowest BCUT2D eigenvalue weighted by Gasteiger charge is -2.24. The molecule has 5 nitrogen and oxygen atoms in total. The van der Waals surface area contributed by atoms with Crippen LogP contribution in [0.15, 0.2) is 58.5 Å². The van der Waals surface area contributed by atoms with E-state index in [-0.39, 0.29) is 10.6 Å². The van der Waals surface area contributed by atoms with Gasteiger partial charge in [0.2, 0.25) is 10.0 Å². The molecule has 0 saturated carbocycles. The molecule has 0 saturated heterocycles. The first-order chi connectivity index (χ1) is 12.1. The molecule has 2 aromatic carbocycles. The maximum absolute atomic E-state index is 13.1. The summed E-state index contributed by atoms with van der Waals surface area (Å²) in [7, 11) is -3.91. The van der Waals surface area contributed by atoms with Gasteiger partial charge in [0.15, 0.2) is 0 Å². The maximum atomic E-state index is 13.1. The van der Waals surface area contributed by atoms with Gasteiger partial charge in [-0.3, -0.25) is 5.01 Å². The average molecular weight is 387 g/mol. The minimum atomic E-state index is -4.60. The molecule has 0 spiro atoms. The number of alkyl halides is 3. The third-order valence-corrected chi connectivity index (χ3v) is 4.85. The highest BCUT2D eigenvalue weighted by molar-refractivity contribution is 7.89. The van der Waals surface area contributed by atoms with Gasteiger partial charge in [0.05, 0.1) is 16.6 Å². The third kappa shape index (κ3) is 3.70. The predicted molar refractivity (Wildman–Crippen MR) is 87.5 cm³/mol. The molecule has 2 N–H and O–H groups in total. The van der Waals surface area contributed by atoms with Crippen LogP contribution < -0.4 is 10.1 Å². The number of benzene rings is 2. The van der Waals surface area contributed by atoms with Crippen LogP contribution in [0.3, 0.4) is 0 Å². The van der Waals surface area contributed by atoms with Crippen LogP contribution in [0.4, 0.5) is 23.2 Å². The molecule has 138 valence electrons. The lowest BCUT2D eigenvalue weighted by molar-refractivity contribution is -0.0600. The quantitative estimate of drug-likeness (QED) is 0.821. The second kappa shape index (κ2) is 6.36. The predicted octanol–water partition coefficient (Wildman–Crippen LogP) is 3.34. The van der Waals surface area contributed by atoms with Crippen LogP contribution >= 0.6 is 0 Å². The highest BCUT2D eigenvalue weighted by Gasteiger charge is 2.43. The lowest BCUT2D eigenvalue weighted by Crippen LogP contribution is -2.21. The number of rotatable bonds is 3. The van der Waals surface area contributed by atoms with Crippen molar-refractivity contribution in [3.63, 3.8) is 0 Å². The summed E-state index contributed by atoms with van der Waals surface area (Å²) in [4.78, 5) is -0.149. The fourth-order valence-electron chi connectivity index (χ4n) is 2.65. The lowest BCUT2D eigenvalue weighted by atomic mass is 10.0. The standard InChI is InChI=1S/C16H13F4N3O2S/c17-11-3-5-12(6-4-11)23-14(9-15(22-23)16(18,19)20)10-1-7-13(8-2-10)26(21,24)25/h1-8,14H,9H2,(H2,21,24,25). The van der Waals surface area contributed by atoms with E-state index in [0.717, 1.165) is 17.1 Å². The van der Waals surface area contributed by atoms with Crippen LogP contribution in [-0.2, 0) is 10.0 Å². The zero-order valence-electron chi connectivity index (χ0n) is 13.1. The van der Waals surface area contributed by atoms with Crippen molar-refractivity contribution >= 4 is 21.4 Å². The largest absolute Gasteiger partial charge is 0.431 e. The summed E-state index contributed by atoms with van der Waals surface area (Å²) in [5.74, 6) is -0.526. The summed E-state index contributed by atoms with van der Waals surface area (Å²) < 4.78 is 75.1. The zero-order valence-corrected chi connectivity index (χ0v) is 13.9. The van der Waals surface area contributed by atoms with Crippen LogP contribution in [0.25, 0.3) is 0 Å². The molecule has 0 fully saturated rings. The van der Waals surface area contributed by atoms with Gasteiger partial charge in [-0.2, -0.15) is 18.3 Å². The average Bonchev–Trinajstić information content (AvgIpc) is 3.00. The van der Waals surface area contributed by atoms with E-state index in [1.54, 1.807) is 0 Å². The Labute approximate surface area is 146 Å². The highest BCUT2D eigenvalue weighted by Crippen LogP contribution is 2.39.